The Hall–Kier alpha value is -2.53. The van der Waals surface area contributed by atoms with Crippen LogP contribution in [0.2, 0.25) is 0 Å². The molecule has 0 spiro atoms. The summed E-state index contributed by atoms with van der Waals surface area (Å²) < 4.78 is 11.4. The van der Waals surface area contributed by atoms with Gasteiger partial charge >= 0.3 is 0 Å². The van der Waals surface area contributed by atoms with Crippen molar-refractivity contribution in [2.75, 3.05) is 19.7 Å². The molecule has 2 aromatic rings. The Morgan fingerprint density at radius 2 is 1.67 bits per heavy atom. The molecule has 0 fully saturated rings. The topological polar surface area (TPSA) is 73.6 Å². The van der Waals surface area contributed by atoms with Crippen molar-refractivity contribution in [2.24, 2.45) is 11.7 Å². The summed E-state index contributed by atoms with van der Waals surface area (Å²) in [6, 6.07) is 17.2. The van der Waals surface area contributed by atoms with Crippen LogP contribution in [0.4, 0.5) is 0 Å². The van der Waals surface area contributed by atoms with Gasteiger partial charge in [0.05, 0.1) is 0 Å². The minimum Gasteiger partial charge on any atom is -0.485 e. The first kappa shape index (κ1) is 17.8. The van der Waals surface area contributed by atoms with E-state index in [4.69, 9.17) is 15.2 Å². The van der Waals surface area contributed by atoms with Crippen molar-refractivity contribution < 1.29 is 14.3 Å². The molecule has 0 heterocycles. The van der Waals surface area contributed by atoms with Gasteiger partial charge in [0.2, 0.25) is 0 Å². The lowest BCUT2D eigenvalue weighted by Gasteiger charge is -2.13. The highest BCUT2D eigenvalue weighted by atomic mass is 16.5. The summed E-state index contributed by atoms with van der Waals surface area (Å²) in [7, 11) is 0. The van der Waals surface area contributed by atoms with Gasteiger partial charge in [-0.2, -0.15) is 0 Å². The number of amides is 1. The molecule has 5 nitrogen and oxygen atoms in total. The molecule has 1 atom stereocenters. The maximum atomic E-state index is 11.8. The highest BCUT2D eigenvalue weighted by molar-refractivity contribution is 5.77. The van der Waals surface area contributed by atoms with E-state index >= 15 is 0 Å². The molecule has 1 amide bonds. The Kier molecular flexibility index (Phi) is 7.11. The number of hydrogen-bond donors (Lipinski definition) is 2. The monoisotopic (exact) mass is 328 g/mol. The van der Waals surface area contributed by atoms with E-state index in [0.29, 0.717) is 31.2 Å². The van der Waals surface area contributed by atoms with Crippen LogP contribution in [0, 0.1) is 5.92 Å². The average Bonchev–Trinajstić information content (AvgIpc) is 2.64. The molecule has 0 aliphatic rings. The van der Waals surface area contributed by atoms with Gasteiger partial charge in [0.1, 0.15) is 6.61 Å². The Bertz CT molecular complexity index is 632. The Morgan fingerprint density at radius 3 is 2.33 bits per heavy atom. The van der Waals surface area contributed by atoms with Gasteiger partial charge in [-0.3, -0.25) is 4.79 Å². The van der Waals surface area contributed by atoms with E-state index in [1.165, 1.54) is 0 Å². The van der Waals surface area contributed by atoms with E-state index in [1.807, 2.05) is 55.5 Å². The van der Waals surface area contributed by atoms with Gasteiger partial charge in [-0.25, -0.2) is 0 Å². The van der Waals surface area contributed by atoms with Crippen LogP contribution in [0.15, 0.2) is 54.6 Å². The van der Waals surface area contributed by atoms with Gasteiger partial charge < -0.3 is 20.5 Å². The summed E-state index contributed by atoms with van der Waals surface area (Å²) in [6.45, 7) is 3.46. The third kappa shape index (κ3) is 5.93. The molecular formula is C19H24N2O3. The number of nitrogens with one attached hydrogen (secondary N) is 1. The van der Waals surface area contributed by atoms with E-state index in [0.717, 1.165) is 5.56 Å². The van der Waals surface area contributed by atoms with Crippen molar-refractivity contribution in [3.8, 4) is 11.5 Å². The lowest BCUT2D eigenvalue weighted by Crippen LogP contribution is -2.34. The number of rotatable bonds is 9. The molecule has 5 heteroatoms. The van der Waals surface area contributed by atoms with Crippen LogP contribution >= 0.6 is 0 Å². The number of hydrogen-bond acceptors (Lipinski definition) is 4. The fourth-order valence-corrected chi connectivity index (χ4v) is 1.99. The summed E-state index contributed by atoms with van der Waals surface area (Å²) in [6.07, 6.45) is 0. The number of carbonyl (C=O) groups excluding carboxylic acids is 1. The lowest BCUT2D eigenvalue weighted by atomic mass is 10.2. The van der Waals surface area contributed by atoms with Crippen LogP contribution in [0.3, 0.4) is 0 Å². The summed E-state index contributed by atoms with van der Waals surface area (Å²) in [4.78, 5) is 11.8. The van der Waals surface area contributed by atoms with Crippen LogP contribution in [-0.4, -0.2) is 25.6 Å². The Morgan fingerprint density at radius 1 is 1.04 bits per heavy atom. The van der Waals surface area contributed by atoms with Gasteiger partial charge in [0, 0.05) is 6.54 Å². The standard InChI is InChI=1S/C19H24N2O3/c1-15(11-20)12-21-19(22)14-24-18-10-6-5-9-17(18)23-13-16-7-3-2-4-8-16/h2-10,15H,11-14,20H2,1H3,(H,21,22). The molecule has 0 aliphatic heterocycles. The summed E-state index contributed by atoms with van der Waals surface area (Å²) in [5, 5.41) is 2.80. The molecule has 0 radical (unpaired) electrons. The first-order valence-electron chi connectivity index (χ1n) is 8.04. The second kappa shape index (κ2) is 9.57. The second-order valence-corrected chi connectivity index (χ2v) is 5.65. The summed E-state index contributed by atoms with van der Waals surface area (Å²) >= 11 is 0. The minimum atomic E-state index is -0.173. The maximum absolute atomic E-state index is 11.8. The van der Waals surface area contributed by atoms with E-state index in [2.05, 4.69) is 5.32 Å². The van der Waals surface area contributed by atoms with Crippen molar-refractivity contribution >= 4 is 5.91 Å². The Balaban J connectivity index is 1.85. The molecule has 0 aromatic heterocycles. The minimum absolute atomic E-state index is 0.0526. The molecule has 2 aromatic carbocycles. The van der Waals surface area contributed by atoms with E-state index < -0.39 is 0 Å². The molecule has 3 N–H and O–H groups in total. The molecular weight excluding hydrogens is 304 g/mol. The zero-order valence-electron chi connectivity index (χ0n) is 13.9. The molecule has 128 valence electrons. The lowest BCUT2D eigenvalue weighted by molar-refractivity contribution is -0.123. The van der Waals surface area contributed by atoms with Crippen LogP contribution in [0.25, 0.3) is 0 Å². The first-order valence-corrected chi connectivity index (χ1v) is 8.04. The molecule has 1 unspecified atom stereocenters. The quantitative estimate of drug-likeness (QED) is 0.741. The van der Waals surface area contributed by atoms with Crippen molar-refractivity contribution in [1.29, 1.82) is 0 Å². The average molecular weight is 328 g/mol. The molecule has 0 aliphatic carbocycles. The normalized spacial score (nSPS) is 11.6. The van der Waals surface area contributed by atoms with Crippen LogP contribution in [0.5, 0.6) is 11.5 Å². The highest BCUT2D eigenvalue weighted by Crippen LogP contribution is 2.27. The fourth-order valence-electron chi connectivity index (χ4n) is 1.99. The van der Waals surface area contributed by atoms with Crippen molar-refractivity contribution in [1.82, 2.24) is 5.32 Å². The predicted molar refractivity (Wildman–Crippen MR) is 93.9 cm³/mol. The van der Waals surface area contributed by atoms with Crippen molar-refractivity contribution in [2.45, 2.75) is 13.5 Å². The van der Waals surface area contributed by atoms with E-state index in [-0.39, 0.29) is 18.4 Å². The zero-order chi connectivity index (χ0) is 17.2. The van der Waals surface area contributed by atoms with Gasteiger partial charge in [0.25, 0.3) is 5.91 Å². The predicted octanol–water partition coefficient (Wildman–Crippen LogP) is 2.36. The third-order valence-electron chi connectivity index (χ3n) is 3.50. The van der Waals surface area contributed by atoms with Gasteiger partial charge in [-0.15, -0.1) is 0 Å². The zero-order valence-corrected chi connectivity index (χ0v) is 13.9. The molecule has 0 saturated heterocycles. The third-order valence-corrected chi connectivity index (χ3v) is 3.50. The molecule has 0 bridgehead atoms. The number of benzene rings is 2. The van der Waals surface area contributed by atoms with Crippen molar-refractivity contribution in [3.05, 3.63) is 60.2 Å². The molecule has 24 heavy (non-hydrogen) atoms. The van der Waals surface area contributed by atoms with Gasteiger partial charge in [-0.1, -0.05) is 49.4 Å². The fraction of sp³-hybridized carbons (Fsp3) is 0.316. The molecule has 2 rings (SSSR count). The van der Waals surface area contributed by atoms with Gasteiger partial charge in [-0.05, 0) is 30.2 Å². The first-order chi connectivity index (χ1) is 11.7. The second-order valence-electron chi connectivity index (χ2n) is 5.65. The van der Waals surface area contributed by atoms with Gasteiger partial charge in [0.15, 0.2) is 18.1 Å². The number of carbonyl (C=O) groups is 1. The highest BCUT2D eigenvalue weighted by Gasteiger charge is 2.09. The van der Waals surface area contributed by atoms with Crippen LogP contribution < -0.4 is 20.5 Å². The number of ether oxygens (including phenoxy) is 2. The number of nitrogens with two attached hydrogens (primary N) is 1. The largest absolute Gasteiger partial charge is 0.485 e. The Labute approximate surface area is 142 Å². The van der Waals surface area contributed by atoms with Crippen molar-refractivity contribution in [3.63, 3.8) is 0 Å². The van der Waals surface area contributed by atoms with Crippen LogP contribution in [-0.2, 0) is 11.4 Å². The number of para-hydroxylation sites is 2. The van der Waals surface area contributed by atoms with Crippen LogP contribution in [0.1, 0.15) is 12.5 Å². The molecule has 0 saturated carbocycles. The van der Waals surface area contributed by atoms with E-state index in [1.54, 1.807) is 6.07 Å². The summed E-state index contributed by atoms with van der Waals surface area (Å²) in [5.41, 5.74) is 6.60. The smallest absolute Gasteiger partial charge is 0.257 e. The maximum Gasteiger partial charge on any atom is 0.257 e. The summed E-state index contributed by atoms with van der Waals surface area (Å²) in [5.74, 6) is 1.24. The van der Waals surface area contributed by atoms with E-state index in [9.17, 15) is 4.79 Å². The SMILES string of the molecule is CC(CN)CNC(=O)COc1ccccc1OCc1ccccc1.